The Hall–Kier alpha value is -0.850. The predicted molar refractivity (Wildman–Crippen MR) is 46.0 cm³/mol. The van der Waals surface area contributed by atoms with Gasteiger partial charge in [-0.3, -0.25) is 4.79 Å². The van der Waals surface area contributed by atoms with Gasteiger partial charge in [0.25, 0.3) is 0 Å². The van der Waals surface area contributed by atoms with E-state index in [2.05, 4.69) is 6.58 Å². The Bertz CT molecular complexity index is 112. The fourth-order valence-electron chi connectivity index (χ4n) is 0.392. The van der Waals surface area contributed by atoms with Crippen molar-refractivity contribution in [1.82, 2.24) is 0 Å². The first-order valence-corrected chi connectivity index (χ1v) is 3.62. The van der Waals surface area contributed by atoms with E-state index in [0.29, 0.717) is 0 Å². The zero-order valence-corrected chi connectivity index (χ0v) is 7.05. The third-order valence-electron chi connectivity index (χ3n) is 0.892. The van der Waals surface area contributed by atoms with Crippen LogP contribution >= 0.6 is 0 Å². The first-order valence-electron chi connectivity index (χ1n) is 3.62. The lowest BCUT2D eigenvalue weighted by Gasteiger charge is -1.85. The van der Waals surface area contributed by atoms with E-state index in [4.69, 9.17) is 0 Å². The molecule has 0 aromatic rings. The molecule has 0 bridgehead atoms. The van der Waals surface area contributed by atoms with Crippen LogP contribution in [0.15, 0.2) is 24.3 Å². The summed E-state index contributed by atoms with van der Waals surface area (Å²) < 4.78 is 0. The van der Waals surface area contributed by atoms with Crippen LogP contribution in [0.5, 0.6) is 0 Å². The zero-order chi connectivity index (χ0) is 8.41. The molecule has 0 atom stereocenters. The summed E-state index contributed by atoms with van der Waals surface area (Å²) in [4.78, 5) is 10.0. The lowest BCUT2D eigenvalue weighted by molar-refractivity contribution is -0.105. The van der Waals surface area contributed by atoms with Gasteiger partial charge >= 0.3 is 0 Å². The number of allylic oxidation sites excluding steroid dienone is 3. The number of hydrogen-bond donors (Lipinski definition) is 0. The van der Waals surface area contributed by atoms with Crippen molar-refractivity contribution in [2.75, 3.05) is 0 Å². The molecule has 0 amide bonds. The highest BCUT2D eigenvalue weighted by molar-refractivity contribution is 5.73. The Morgan fingerprint density at radius 2 is 2.00 bits per heavy atom. The van der Waals surface area contributed by atoms with Gasteiger partial charge < -0.3 is 0 Å². The van der Waals surface area contributed by atoms with Crippen molar-refractivity contribution < 1.29 is 4.79 Å². The van der Waals surface area contributed by atoms with Gasteiger partial charge in [0, 0.05) is 0 Å². The summed E-state index contributed by atoms with van der Waals surface area (Å²) in [5.74, 6) is 0. The van der Waals surface area contributed by atoms with Crippen LogP contribution in [0, 0.1) is 0 Å². The fraction of sp³-hybridized carbons (Fsp3) is 0.444. The molecule has 0 aliphatic heterocycles. The summed E-state index contributed by atoms with van der Waals surface area (Å²) in [6.07, 6.45) is 4.97. The zero-order valence-electron chi connectivity index (χ0n) is 7.05. The summed E-state index contributed by atoms with van der Waals surface area (Å²) in [6, 6.07) is 0. The summed E-state index contributed by atoms with van der Waals surface area (Å²) in [6.45, 7) is 9.40. The Labute approximate surface area is 63.4 Å². The molecule has 0 heterocycles. The van der Waals surface area contributed by atoms with Crippen molar-refractivity contribution in [3.63, 3.8) is 0 Å². The van der Waals surface area contributed by atoms with Crippen molar-refractivity contribution in [2.45, 2.75) is 27.2 Å². The Kier molecular flexibility index (Phi) is 13.1. The summed E-state index contributed by atoms with van der Waals surface area (Å²) >= 11 is 0. The average molecular weight is 140 g/mol. The molecule has 10 heavy (non-hydrogen) atoms. The van der Waals surface area contributed by atoms with Gasteiger partial charge in [-0.05, 0) is 12.0 Å². The molecule has 0 N–H and O–H groups in total. The topological polar surface area (TPSA) is 17.1 Å². The highest BCUT2D eigenvalue weighted by atomic mass is 16.1. The Balaban J connectivity index is 0. The van der Waals surface area contributed by atoms with E-state index in [0.717, 1.165) is 18.3 Å². The molecule has 0 aromatic heterocycles. The van der Waals surface area contributed by atoms with Crippen LogP contribution in [0.1, 0.15) is 27.2 Å². The first kappa shape index (κ1) is 11.9. The van der Waals surface area contributed by atoms with Gasteiger partial charge in [0.15, 0.2) is 0 Å². The maximum absolute atomic E-state index is 10.0. The molecule has 0 saturated carbocycles. The first-order chi connectivity index (χ1) is 4.85. The maximum atomic E-state index is 10.0. The third-order valence-corrected chi connectivity index (χ3v) is 0.892. The fourth-order valence-corrected chi connectivity index (χ4v) is 0.392. The Morgan fingerprint density at radius 1 is 1.50 bits per heavy atom. The molecule has 58 valence electrons. The van der Waals surface area contributed by atoms with E-state index in [1.165, 1.54) is 0 Å². The van der Waals surface area contributed by atoms with Crippen molar-refractivity contribution in [2.24, 2.45) is 0 Å². The van der Waals surface area contributed by atoms with Crippen LogP contribution < -0.4 is 0 Å². The monoisotopic (exact) mass is 140 g/mol. The molecule has 0 radical (unpaired) electrons. The van der Waals surface area contributed by atoms with Crippen LogP contribution in [0.25, 0.3) is 0 Å². The standard InChI is InChI=1S/C7H10O.C2H6/c1-3-5-7(4-2)6-8;1-2/h3,5-6H,1,4H2,2H3;1-2H3/b7-5+;. The van der Waals surface area contributed by atoms with E-state index < -0.39 is 0 Å². The van der Waals surface area contributed by atoms with Crippen molar-refractivity contribution in [3.05, 3.63) is 24.3 Å². The largest absolute Gasteiger partial charge is 0.298 e. The normalized spacial score (nSPS) is 9.30. The highest BCUT2D eigenvalue weighted by Crippen LogP contribution is 1.93. The SMILES string of the molecule is C=C/C=C(/C=O)CC.CC. The highest BCUT2D eigenvalue weighted by Gasteiger charge is 1.83. The van der Waals surface area contributed by atoms with Gasteiger partial charge in [0.1, 0.15) is 6.29 Å². The number of hydrogen-bond acceptors (Lipinski definition) is 1. The second kappa shape index (κ2) is 11.0. The molecule has 0 unspecified atom stereocenters. The van der Waals surface area contributed by atoms with Crippen LogP contribution in [-0.4, -0.2) is 6.29 Å². The van der Waals surface area contributed by atoms with E-state index in [9.17, 15) is 4.79 Å². The number of aldehydes is 1. The van der Waals surface area contributed by atoms with E-state index in [1.807, 2.05) is 20.8 Å². The molecular formula is C9H16O. The third kappa shape index (κ3) is 7.15. The lowest BCUT2D eigenvalue weighted by Crippen LogP contribution is -1.77. The summed E-state index contributed by atoms with van der Waals surface area (Å²) in [5.41, 5.74) is 0.792. The molecule has 0 aliphatic carbocycles. The van der Waals surface area contributed by atoms with Crippen molar-refractivity contribution in [3.8, 4) is 0 Å². The minimum absolute atomic E-state index is 0.787. The number of carbonyl (C=O) groups is 1. The van der Waals surface area contributed by atoms with Crippen molar-refractivity contribution >= 4 is 6.29 Å². The molecule has 1 heteroatoms. The average Bonchev–Trinajstić information content (AvgIpc) is 2.04. The second-order valence-corrected chi connectivity index (χ2v) is 1.45. The van der Waals surface area contributed by atoms with Gasteiger partial charge in [0.05, 0.1) is 0 Å². The minimum Gasteiger partial charge on any atom is -0.298 e. The quantitative estimate of drug-likeness (QED) is 0.334. The molecule has 0 saturated heterocycles. The van der Waals surface area contributed by atoms with Crippen LogP contribution in [0.3, 0.4) is 0 Å². The van der Waals surface area contributed by atoms with Crippen LogP contribution in [-0.2, 0) is 4.79 Å². The van der Waals surface area contributed by atoms with E-state index in [1.54, 1.807) is 12.2 Å². The summed E-state index contributed by atoms with van der Waals surface area (Å²) in [7, 11) is 0. The van der Waals surface area contributed by atoms with E-state index >= 15 is 0 Å². The van der Waals surface area contributed by atoms with Crippen LogP contribution in [0.2, 0.25) is 0 Å². The lowest BCUT2D eigenvalue weighted by atomic mass is 10.2. The van der Waals surface area contributed by atoms with Gasteiger partial charge in [-0.1, -0.05) is 39.5 Å². The predicted octanol–water partition coefficient (Wildman–Crippen LogP) is 2.73. The molecule has 0 aliphatic rings. The second-order valence-electron chi connectivity index (χ2n) is 1.45. The molecule has 0 fully saturated rings. The minimum atomic E-state index is 0.787. The molecule has 1 nitrogen and oxygen atoms in total. The van der Waals surface area contributed by atoms with Crippen LogP contribution in [0.4, 0.5) is 0 Å². The molecule has 0 rings (SSSR count). The van der Waals surface area contributed by atoms with Crippen molar-refractivity contribution in [1.29, 1.82) is 0 Å². The van der Waals surface area contributed by atoms with Gasteiger partial charge in [-0.2, -0.15) is 0 Å². The number of carbonyl (C=O) groups excluding carboxylic acids is 1. The summed E-state index contributed by atoms with van der Waals surface area (Å²) in [5, 5.41) is 0. The molecule has 0 aromatic carbocycles. The van der Waals surface area contributed by atoms with Gasteiger partial charge in [0.2, 0.25) is 0 Å². The Morgan fingerprint density at radius 3 is 2.10 bits per heavy atom. The maximum Gasteiger partial charge on any atom is 0.146 e. The molecule has 0 spiro atoms. The molecular weight excluding hydrogens is 124 g/mol. The van der Waals surface area contributed by atoms with E-state index in [-0.39, 0.29) is 0 Å². The van der Waals surface area contributed by atoms with Gasteiger partial charge in [-0.15, -0.1) is 0 Å². The number of rotatable bonds is 3. The smallest absolute Gasteiger partial charge is 0.146 e. The van der Waals surface area contributed by atoms with Gasteiger partial charge in [-0.25, -0.2) is 0 Å².